The maximum Gasteiger partial charge on any atom is 0.252 e. The molecule has 0 saturated carbocycles. The van der Waals surface area contributed by atoms with Gasteiger partial charge in [0.1, 0.15) is 6.04 Å². The molecule has 0 heterocycles. The molecule has 5 heteroatoms. The number of hydrogen-bond acceptors (Lipinski definition) is 3. The third-order valence-electron chi connectivity index (χ3n) is 4.37. The number of hydrogen-bond donors (Lipinski definition) is 2. The van der Waals surface area contributed by atoms with E-state index >= 15 is 0 Å². The molecule has 2 rings (SSSR count). The van der Waals surface area contributed by atoms with Crippen LogP contribution in [-0.2, 0) is 4.79 Å². The lowest BCUT2D eigenvalue weighted by Gasteiger charge is -2.21. The Labute approximate surface area is 161 Å². The molecule has 0 spiro atoms. The molecule has 0 radical (unpaired) electrons. The van der Waals surface area contributed by atoms with Crippen molar-refractivity contribution >= 4 is 23.2 Å². The number of carbonyl (C=O) groups is 2. The van der Waals surface area contributed by atoms with Crippen LogP contribution in [-0.4, -0.2) is 32.0 Å². The van der Waals surface area contributed by atoms with E-state index in [1.165, 1.54) is 0 Å². The van der Waals surface area contributed by atoms with E-state index in [9.17, 15) is 9.59 Å². The maximum absolute atomic E-state index is 12.8. The number of nitrogens with zero attached hydrogens (tertiary/aromatic N) is 1. The van der Waals surface area contributed by atoms with Crippen molar-refractivity contribution in [1.29, 1.82) is 0 Å². The zero-order valence-electron chi connectivity index (χ0n) is 16.7. The molecule has 2 N–H and O–H groups in total. The van der Waals surface area contributed by atoms with Crippen LogP contribution in [0.4, 0.5) is 11.4 Å². The van der Waals surface area contributed by atoms with Gasteiger partial charge in [0.25, 0.3) is 5.91 Å². The van der Waals surface area contributed by atoms with Crippen molar-refractivity contribution < 1.29 is 9.59 Å². The van der Waals surface area contributed by atoms with Crippen LogP contribution >= 0.6 is 0 Å². The predicted molar refractivity (Wildman–Crippen MR) is 111 cm³/mol. The molecular weight excluding hydrogens is 338 g/mol. The third-order valence-corrected chi connectivity index (χ3v) is 4.37. The molecular formula is C22H29N3O2. The molecule has 5 nitrogen and oxygen atoms in total. The van der Waals surface area contributed by atoms with E-state index in [4.69, 9.17) is 0 Å². The van der Waals surface area contributed by atoms with Crippen LogP contribution in [0.1, 0.15) is 36.2 Å². The van der Waals surface area contributed by atoms with Crippen molar-refractivity contribution in [2.24, 2.45) is 5.92 Å². The van der Waals surface area contributed by atoms with Gasteiger partial charge in [0.2, 0.25) is 5.91 Å². The molecule has 0 bridgehead atoms. The van der Waals surface area contributed by atoms with Gasteiger partial charge in [0.05, 0.1) is 0 Å². The number of amides is 2. The van der Waals surface area contributed by atoms with Crippen LogP contribution in [0.5, 0.6) is 0 Å². The Morgan fingerprint density at radius 1 is 1.00 bits per heavy atom. The Bertz CT molecular complexity index is 782. The van der Waals surface area contributed by atoms with E-state index in [2.05, 4.69) is 10.6 Å². The van der Waals surface area contributed by atoms with E-state index in [-0.39, 0.29) is 17.7 Å². The van der Waals surface area contributed by atoms with E-state index in [1.54, 1.807) is 6.07 Å². The lowest BCUT2D eigenvalue weighted by molar-refractivity contribution is -0.118. The summed E-state index contributed by atoms with van der Waals surface area (Å²) in [6, 6.07) is 14.4. The number of nitrogens with one attached hydrogen (secondary N) is 2. The fourth-order valence-corrected chi connectivity index (χ4v) is 2.84. The summed E-state index contributed by atoms with van der Waals surface area (Å²) in [6.45, 7) is 5.96. The fraction of sp³-hybridized carbons (Fsp3) is 0.364. The largest absolute Gasteiger partial charge is 0.378 e. The van der Waals surface area contributed by atoms with Gasteiger partial charge in [-0.15, -0.1) is 0 Å². The van der Waals surface area contributed by atoms with Gasteiger partial charge in [-0.25, -0.2) is 0 Å². The number of carbonyl (C=O) groups excluding carboxylic acids is 2. The second-order valence-electron chi connectivity index (χ2n) is 7.40. The average molecular weight is 367 g/mol. The molecule has 2 aromatic rings. The highest BCUT2D eigenvalue weighted by Gasteiger charge is 2.23. The minimum Gasteiger partial charge on any atom is -0.378 e. The van der Waals surface area contributed by atoms with E-state index in [0.717, 1.165) is 11.3 Å². The molecule has 0 saturated heterocycles. The first kappa shape index (κ1) is 20.5. The summed E-state index contributed by atoms with van der Waals surface area (Å²) in [5.74, 6) is -0.158. The number of benzene rings is 2. The summed E-state index contributed by atoms with van der Waals surface area (Å²) in [5.41, 5.74) is 3.25. The van der Waals surface area contributed by atoms with Gasteiger partial charge in [0, 0.05) is 31.0 Å². The molecule has 0 aliphatic heterocycles. The van der Waals surface area contributed by atoms with Gasteiger partial charge in [0.15, 0.2) is 0 Å². The molecule has 0 aromatic heterocycles. The lowest BCUT2D eigenvalue weighted by Crippen LogP contribution is -2.44. The van der Waals surface area contributed by atoms with Gasteiger partial charge >= 0.3 is 0 Å². The summed E-state index contributed by atoms with van der Waals surface area (Å²) in [6.07, 6.45) is 0.569. The Hall–Kier alpha value is -2.82. The van der Waals surface area contributed by atoms with Crippen molar-refractivity contribution in [3.05, 3.63) is 59.7 Å². The first-order chi connectivity index (χ1) is 12.8. The lowest BCUT2D eigenvalue weighted by atomic mass is 10.0. The quantitative estimate of drug-likeness (QED) is 0.781. The van der Waals surface area contributed by atoms with Crippen LogP contribution in [0.3, 0.4) is 0 Å². The highest BCUT2D eigenvalue weighted by Crippen LogP contribution is 2.17. The minimum atomic E-state index is -0.592. The molecule has 0 aliphatic rings. The van der Waals surface area contributed by atoms with Gasteiger partial charge in [-0.05, 0) is 55.2 Å². The molecule has 144 valence electrons. The second kappa shape index (κ2) is 9.21. The highest BCUT2D eigenvalue weighted by molar-refractivity contribution is 6.01. The molecule has 2 aromatic carbocycles. The Balaban J connectivity index is 2.11. The number of anilines is 2. The standard InChI is InChI=1S/C22H29N3O2/c1-15(2)14-20(24-21(26)19-9-7-6-8-16(19)3)22(27)23-17-10-12-18(13-11-17)25(4)5/h6-13,15,20H,14H2,1-5H3,(H,23,27)(H,24,26). The smallest absolute Gasteiger partial charge is 0.252 e. The first-order valence-corrected chi connectivity index (χ1v) is 9.22. The maximum atomic E-state index is 12.8. The Morgan fingerprint density at radius 3 is 2.19 bits per heavy atom. The van der Waals surface area contributed by atoms with Gasteiger partial charge in [-0.3, -0.25) is 9.59 Å². The van der Waals surface area contributed by atoms with Crippen LogP contribution in [0.2, 0.25) is 0 Å². The van der Waals surface area contributed by atoms with Crippen molar-refractivity contribution in [2.75, 3.05) is 24.3 Å². The number of aryl methyl sites for hydroxylation is 1. The van der Waals surface area contributed by atoms with Crippen molar-refractivity contribution in [2.45, 2.75) is 33.2 Å². The van der Waals surface area contributed by atoms with Gasteiger partial charge < -0.3 is 15.5 Å². The summed E-state index contributed by atoms with van der Waals surface area (Å²) in [7, 11) is 3.93. The van der Waals surface area contributed by atoms with E-state index in [0.29, 0.717) is 17.7 Å². The van der Waals surface area contributed by atoms with Gasteiger partial charge in [-0.1, -0.05) is 32.0 Å². The van der Waals surface area contributed by atoms with Crippen molar-refractivity contribution in [1.82, 2.24) is 5.32 Å². The molecule has 0 fully saturated rings. The average Bonchev–Trinajstić information content (AvgIpc) is 2.61. The summed E-state index contributed by atoms with van der Waals surface area (Å²) in [5, 5.41) is 5.81. The first-order valence-electron chi connectivity index (χ1n) is 9.22. The monoisotopic (exact) mass is 367 g/mol. The van der Waals surface area contributed by atoms with E-state index in [1.807, 2.05) is 82.2 Å². The second-order valence-corrected chi connectivity index (χ2v) is 7.40. The SMILES string of the molecule is Cc1ccccc1C(=O)NC(CC(C)C)C(=O)Nc1ccc(N(C)C)cc1. The zero-order chi connectivity index (χ0) is 20.0. The fourth-order valence-electron chi connectivity index (χ4n) is 2.84. The van der Waals surface area contributed by atoms with Crippen molar-refractivity contribution in [3.8, 4) is 0 Å². The Morgan fingerprint density at radius 2 is 1.63 bits per heavy atom. The van der Waals surface area contributed by atoms with Crippen molar-refractivity contribution in [3.63, 3.8) is 0 Å². The molecule has 1 unspecified atom stereocenters. The molecule has 1 atom stereocenters. The van der Waals surface area contributed by atoms with Crippen LogP contribution in [0, 0.1) is 12.8 Å². The Kier molecular flexibility index (Phi) is 6.99. The zero-order valence-corrected chi connectivity index (χ0v) is 16.7. The minimum absolute atomic E-state index is 0.205. The summed E-state index contributed by atoms with van der Waals surface area (Å²) >= 11 is 0. The summed E-state index contributed by atoms with van der Waals surface area (Å²) < 4.78 is 0. The normalized spacial score (nSPS) is 11.8. The van der Waals surface area contributed by atoms with Gasteiger partial charge in [-0.2, -0.15) is 0 Å². The molecule has 27 heavy (non-hydrogen) atoms. The number of rotatable bonds is 7. The highest BCUT2D eigenvalue weighted by atomic mass is 16.2. The molecule has 0 aliphatic carbocycles. The summed E-state index contributed by atoms with van der Waals surface area (Å²) in [4.78, 5) is 27.4. The predicted octanol–water partition coefficient (Wildman–Crippen LogP) is 3.84. The van der Waals surface area contributed by atoms with Crippen LogP contribution in [0.15, 0.2) is 48.5 Å². The van der Waals surface area contributed by atoms with Crippen LogP contribution in [0.25, 0.3) is 0 Å². The van der Waals surface area contributed by atoms with E-state index < -0.39 is 6.04 Å². The molecule has 2 amide bonds. The van der Waals surface area contributed by atoms with Crippen LogP contribution < -0.4 is 15.5 Å². The topological polar surface area (TPSA) is 61.4 Å². The third kappa shape index (κ3) is 5.84.